The minimum Gasteiger partial charge on any atom is -0.394 e. The van der Waals surface area contributed by atoms with E-state index in [1.165, 1.54) is 141 Å². The molecule has 0 aromatic carbocycles. The van der Waals surface area contributed by atoms with Crippen LogP contribution in [0.3, 0.4) is 0 Å². The highest BCUT2D eigenvalue weighted by Gasteiger charge is 2.53. The van der Waals surface area contributed by atoms with E-state index in [9.17, 15) is 61.0 Å². The van der Waals surface area contributed by atoms with E-state index in [1.807, 2.05) is 19.1 Å². The van der Waals surface area contributed by atoms with Crippen LogP contribution in [0.1, 0.15) is 245 Å². The van der Waals surface area contributed by atoms with Gasteiger partial charge >= 0.3 is 0 Å². The van der Waals surface area contributed by atoms with Crippen molar-refractivity contribution in [2.45, 2.75) is 349 Å². The quantitative estimate of drug-likeness (QED) is 0.0199. The number of unbranched alkanes of at least 4 members (excludes halogenated alkanes) is 27. The maximum Gasteiger partial charge on any atom is 0.220 e. The second kappa shape index (κ2) is 56.5. The molecule has 3 heterocycles. The van der Waals surface area contributed by atoms with Gasteiger partial charge in [-0.05, 0) is 84.0 Å². The molecular weight excluding hydrogens is 1210 g/mol. The summed E-state index contributed by atoms with van der Waals surface area (Å²) in [6, 6.07) is -0.996. The Bertz CT molecular complexity index is 2100. The van der Waals surface area contributed by atoms with Gasteiger partial charge in [-0.1, -0.05) is 252 Å². The Hall–Kier alpha value is -3.29. The number of amides is 1. The molecule has 17 unspecified atom stereocenters. The maximum absolute atomic E-state index is 13.3. The number of carbonyl (C=O) groups is 1. The van der Waals surface area contributed by atoms with Crippen LogP contribution >= 0.6 is 0 Å². The number of carbonyl (C=O) groups excluding carboxylic acids is 1. The first kappa shape index (κ1) is 85.9. The molecule has 0 saturated carbocycles. The van der Waals surface area contributed by atoms with Gasteiger partial charge in [0.15, 0.2) is 18.9 Å². The first-order chi connectivity index (χ1) is 46.3. The maximum atomic E-state index is 13.3. The van der Waals surface area contributed by atoms with Gasteiger partial charge in [0, 0.05) is 6.42 Å². The summed E-state index contributed by atoms with van der Waals surface area (Å²) in [4.78, 5) is 13.3. The summed E-state index contributed by atoms with van der Waals surface area (Å²) in [7, 11) is 0. The van der Waals surface area contributed by atoms with E-state index in [0.29, 0.717) is 12.8 Å². The Morgan fingerprint density at radius 3 is 1.18 bits per heavy atom. The van der Waals surface area contributed by atoms with Crippen molar-refractivity contribution < 1.29 is 89.4 Å². The minimum absolute atomic E-state index is 0.231. The van der Waals surface area contributed by atoms with Crippen molar-refractivity contribution >= 4 is 5.91 Å². The predicted octanol–water partition coefficient (Wildman–Crippen LogP) is 10.8. The number of aliphatic hydroxyl groups is 11. The minimum atomic E-state index is -1.98. The molecule has 19 heteroatoms. The lowest BCUT2D eigenvalue weighted by molar-refractivity contribution is -0.379. The highest BCUT2D eigenvalue weighted by molar-refractivity contribution is 5.76. The molecule has 0 radical (unpaired) electrons. The Morgan fingerprint density at radius 1 is 0.400 bits per heavy atom. The van der Waals surface area contributed by atoms with Crippen LogP contribution in [-0.4, -0.2) is 193 Å². The number of allylic oxidation sites excluding steroid dienone is 15. The zero-order chi connectivity index (χ0) is 68.9. The zero-order valence-corrected chi connectivity index (χ0v) is 58.1. The SMILES string of the molecule is C/C=C/CC/C=C/CC/C=C/C(O)C(COC1OC(CO)C(OC2OC(CO)C(OC3OC(CO)C(O)C(O)C3O)C(O)C2O)C(O)C1O)NC(=O)CCCCCCCCCCCCCCCCCCCCCCCCCCC/C=C\C/C=C\C/C=C\C/C=C\C/C=C\CC. The summed E-state index contributed by atoms with van der Waals surface area (Å²) in [6.45, 7) is 1.34. The lowest BCUT2D eigenvalue weighted by Gasteiger charge is -2.48. The number of nitrogens with one attached hydrogen (secondary N) is 1. The second-order valence-corrected chi connectivity index (χ2v) is 26.0. The van der Waals surface area contributed by atoms with E-state index in [4.69, 9.17) is 28.4 Å². The number of hydrogen-bond donors (Lipinski definition) is 12. The fourth-order valence-electron chi connectivity index (χ4n) is 12.0. The normalized spacial score (nSPS) is 27.8. The first-order valence-corrected chi connectivity index (χ1v) is 37.0. The van der Waals surface area contributed by atoms with Crippen molar-refractivity contribution in [1.29, 1.82) is 0 Å². The van der Waals surface area contributed by atoms with Crippen LogP contribution in [0.2, 0.25) is 0 Å². The Labute approximate surface area is 571 Å². The Balaban J connectivity index is 1.25. The number of rotatable bonds is 56. The average molecular weight is 1350 g/mol. The standard InChI is InChI=1S/C76H131NO18/c1-3-5-7-9-11-13-14-15-16-17-18-19-20-21-22-23-24-25-26-27-28-29-30-31-32-33-34-35-36-37-38-39-40-41-42-43-44-46-48-50-52-54-64(82)77-59(60(81)53-51-49-47-45-12-10-8-6-4-2)58-90-74-70(88)67(85)72(62(56-79)92-74)95-76-71(89)68(86)73(63(57-80)93-76)94-75-69(87)66(84)65(83)61(55-78)91-75/h4-7,11-13,15-16,18-19,21-22,45,51,53,59-63,65-76,78-81,83-89H,3,8-10,14,17,20,23-44,46-50,52,54-58H2,1-2H3,(H,77,82)/b6-4+,7-5-,13-11-,16-15-,19-18-,22-21-,45-12+,53-51+. The molecule has 548 valence electrons. The number of aliphatic hydroxyl groups excluding tert-OH is 11. The van der Waals surface area contributed by atoms with Crippen molar-refractivity contribution in [3.8, 4) is 0 Å². The molecule has 3 aliphatic rings. The topological polar surface area (TPSA) is 307 Å². The zero-order valence-electron chi connectivity index (χ0n) is 58.1. The fraction of sp³-hybridized carbons (Fsp3) is 0.776. The lowest BCUT2D eigenvalue weighted by atomic mass is 9.96. The molecule has 3 saturated heterocycles. The number of hydrogen-bond acceptors (Lipinski definition) is 18. The van der Waals surface area contributed by atoms with Crippen molar-refractivity contribution in [2.24, 2.45) is 0 Å². The summed E-state index contributed by atoms with van der Waals surface area (Å²) >= 11 is 0. The summed E-state index contributed by atoms with van der Waals surface area (Å²) in [5, 5.41) is 120. The molecule has 0 spiro atoms. The van der Waals surface area contributed by atoms with Crippen LogP contribution < -0.4 is 5.32 Å². The van der Waals surface area contributed by atoms with E-state index in [2.05, 4.69) is 91.2 Å². The molecule has 1 amide bonds. The molecule has 12 N–H and O–H groups in total. The predicted molar refractivity (Wildman–Crippen MR) is 374 cm³/mol. The van der Waals surface area contributed by atoms with E-state index in [1.54, 1.807) is 6.08 Å². The van der Waals surface area contributed by atoms with Crippen LogP contribution in [0.4, 0.5) is 0 Å². The summed E-state index contributed by atoms with van der Waals surface area (Å²) in [6.07, 6.45) is 49.1. The van der Waals surface area contributed by atoms with Crippen molar-refractivity contribution in [2.75, 3.05) is 26.4 Å². The van der Waals surface area contributed by atoms with E-state index in [0.717, 1.165) is 70.6 Å². The Morgan fingerprint density at radius 2 is 0.747 bits per heavy atom. The van der Waals surface area contributed by atoms with Crippen molar-refractivity contribution in [3.05, 3.63) is 97.2 Å². The van der Waals surface area contributed by atoms with Gasteiger partial charge < -0.3 is 89.9 Å². The van der Waals surface area contributed by atoms with Crippen LogP contribution in [0.15, 0.2) is 97.2 Å². The highest BCUT2D eigenvalue weighted by Crippen LogP contribution is 2.33. The smallest absolute Gasteiger partial charge is 0.220 e. The molecule has 17 atom stereocenters. The van der Waals surface area contributed by atoms with E-state index < -0.39 is 124 Å². The van der Waals surface area contributed by atoms with E-state index >= 15 is 0 Å². The van der Waals surface area contributed by atoms with Crippen LogP contribution in [-0.2, 0) is 33.2 Å². The van der Waals surface area contributed by atoms with Crippen LogP contribution in [0, 0.1) is 0 Å². The van der Waals surface area contributed by atoms with Crippen molar-refractivity contribution in [3.63, 3.8) is 0 Å². The van der Waals surface area contributed by atoms with Gasteiger partial charge in [0.1, 0.15) is 73.2 Å². The molecule has 3 aliphatic heterocycles. The molecule has 3 fully saturated rings. The van der Waals surface area contributed by atoms with Gasteiger partial charge in [0.05, 0.1) is 38.6 Å². The lowest BCUT2D eigenvalue weighted by Crippen LogP contribution is -2.66. The summed E-state index contributed by atoms with van der Waals surface area (Å²) < 4.78 is 34.2. The molecule has 0 bridgehead atoms. The van der Waals surface area contributed by atoms with Gasteiger partial charge in [0.2, 0.25) is 5.91 Å². The third-order valence-electron chi connectivity index (χ3n) is 17.9. The molecule has 0 aliphatic carbocycles. The molecule has 19 nitrogen and oxygen atoms in total. The van der Waals surface area contributed by atoms with Gasteiger partial charge in [-0.2, -0.15) is 0 Å². The van der Waals surface area contributed by atoms with Crippen LogP contribution in [0.25, 0.3) is 0 Å². The molecule has 95 heavy (non-hydrogen) atoms. The number of ether oxygens (including phenoxy) is 6. The molecule has 0 aromatic heterocycles. The van der Waals surface area contributed by atoms with Crippen molar-refractivity contribution in [1.82, 2.24) is 5.32 Å². The molecule has 0 aromatic rings. The van der Waals surface area contributed by atoms with Gasteiger partial charge in [-0.3, -0.25) is 4.79 Å². The second-order valence-electron chi connectivity index (χ2n) is 26.0. The van der Waals surface area contributed by atoms with Gasteiger partial charge in [-0.25, -0.2) is 0 Å². The average Bonchev–Trinajstić information content (AvgIpc) is 0.795. The third kappa shape index (κ3) is 37.6. The van der Waals surface area contributed by atoms with E-state index in [-0.39, 0.29) is 18.9 Å². The molecule has 3 rings (SSSR count). The fourth-order valence-corrected chi connectivity index (χ4v) is 12.0. The van der Waals surface area contributed by atoms with Gasteiger partial charge in [0.25, 0.3) is 0 Å². The summed E-state index contributed by atoms with van der Waals surface area (Å²) in [5.41, 5.74) is 0. The highest BCUT2D eigenvalue weighted by atomic mass is 16.8. The largest absolute Gasteiger partial charge is 0.394 e. The summed E-state index contributed by atoms with van der Waals surface area (Å²) in [5.74, 6) is -0.292. The van der Waals surface area contributed by atoms with Gasteiger partial charge in [-0.15, -0.1) is 0 Å². The third-order valence-corrected chi connectivity index (χ3v) is 17.9. The first-order valence-electron chi connectivity index (χ1n) is 37.0. The Kier molecular flexibility index (Phi) is 51.1. The monoisotopic (exact) mass is 1350 g/mol. The van der Waals surface area contributed by atoms with Crippen LogP contribution in [0.5, 0.6) is 0 Å². The molecular formula is C76H131NO18.